The molecule has 3 fully saturated rings. The Balaban J connectivity index is 1.25. The number of carbonyl (C=O) groups excluding carboxylic acids is 1. The van der Waals surface area contributed by atoms with Crippen LogP contribution < -0.4 is 5.32 Å². The van der Waals surface area contributed by atoms with Crippen LogP contribution in [0.15, 0.2) is 24.5 Å². The molecule has 1 aliphatic carbocycles. The predicted molar refractivity (Wildman–Crippen MR) is 96.1 cm³/mol. The Bertz CT molecular complexity index is 568. The lowest BCUT2D eigenvalue weighted by Crippen LogP contribution is -2.51. The first kappa shape index (κ1) is 17.0. The van der Waals surface area contributed by atoms with Crippen molar-refractivity contribution >= 4 is 5.91 Å². The fourth-order valence-corrected chi connectivity index (χ4v) is 4.29. The number of piperidine rings is 1. The average Bonchev–Trinajstić information content (AvgIpc) is 3.02. The lowest BCUT2D eigenvalue weighted by atomic mass is 9.84. The van der Waals surface area contributed by atoms with Crippen LogP contribution in [0.2, 0.25) is 0 Å². The summed E-state index contributed by atoms with van der Waals surface area (Å²) in [5.74, 6) is 1.26. The zero-order valence-electron chi connectivity index (χ0n) is 14.9. The summed E-state index contributed by atoms with van der Waals surface area (Å²) >= 11 is 0. The Morgan fingerprint density at radius 3 is 2.60 bits per heavy atom. The minimum absolute atomic E-state index is 0.331. The van der Waals surface area contributed by atoms with E-state index in [9.17, 15) is 4.79 Å². The fraction of sp³-hybridized carbons (Fsp3) is 0.700. The quantitative estimate of drug-likeness (QED) is 0.889. The summed E-state index contributed by atoms with van der Waals surface area (Å²) in [5, 5.41) is 3.83. The van der Waals surface area contributed by atoms with Crippen LogP contribution in [0.4, 0.5) is 0 Å². The van der Waals surface area contributed by atoms with Gasteiger partial charge in [0.25, 0.3) is 0 Å². The zero-order valence-corrected chi connectivity index (χ0v) is 14.9. The Hall–Kier alpha value is -1.46. The Morgan fingerprint density at radius 1 is 1.16 bits per heavy atom. The molecule has 3 aliphatic rings. The maximum Gasteiger partial charge on any atom is 0.225 e. The zero-order chi connectivity index (χ0) is 17.1. The van der Waals surface area contributed by atoms with Gasteiger partial charge in [-0.1, -0.05) is 6.42 Å². The second-order valence-corrected chi connectivity index (χ2v) is 7.86. The second-order valence-electron chi connectivity index (χ2n) is 7.86. The molecular weight excluding hydrogens is 314 g/mol. The third kappa shape index (κ3) is 4.04. The molecule has 0 unspecified atom stereocenters. The van der Waals surface area contributed by atoms with Gasteiger partial charge in [-0.25, -0.2) is 0 Å². The van der Waals surface area contributed by atoms with Crippen LogP contribution in [0.5, 0.6) is 0 Å². The highest BCUT2D eigenvalue weighted by molar-refractivity contribution is 5.79. The summed E-state index contributed by atoms with van der Waals surface area (Å²) in [4.78, 5) is 18.6. The Labute approximate surface area is 150 Å². The first-order valence-electron chi connectivity index (χ1n) is 9.81. The Kier molecular flexibility index (Phi) is 5.32. The SMILES string of the molecule is O=C(C1CCC1)N1CCC(N[C@H]2COC[C@H]2Cc2ccncc2)CC1. The maximum absolute atomic E-state index is 12.4. The summed E-state index contributed by atoms with van der Waals surface area (Å²) in [6.45, 7) is 3.46. The standard InChI is InChI=1S/C20H29N3O2/c24-20(16-2-1-3-16)23-10-6-18(7-11-23)22-19-14-25-13-17(19)12-15-4-8-21-9-5-15/h4-5,8-9,16-19,22H,1-3,6-7,10-14H2/t17-,19+/m1/s1. The molecule has 1 saturated carbocycles. The van der Waals surface area contributed by atoms with Crippen LogP contribution in [0.25, 0.3) is 0 Å². The van der Waals surface area contributed by atoms with Gasteiger partial charge in [0.1, 0.15) is 0 Å². The molecule has 0 aromatic carbocycles. The molecule has 2 saturated heterocycles. The molecule has 3 heterocycles. The number of hydrogen-bond donors (Lipinski definition) is 1. The van der Waals surface area contributed by atoms with Crippen molar-refractivity contribution in [1.82, 2.24) is 15.2 Å². The normalized spacial score (nSPS) is 28.1. The van der Waals surface area contributed by atoms with E-state index >= 15 is 0 Å². The van der Waals surface area contributed by atoms with Gasteiger partial charge in [0.15, 0.2) is 0 Å². The van der Waals surface area contributed by atoms with E-state index in [1.807, 2.05) is 12.4 Å². The van der Waals surface area contributed by atoms with E-state index < -0.39 is 0 Å². The molecule has 1 aromatic rings. The van der Waals surface area contributed by atoms with Crippen molar-refractivity contribution < 1.29 is 9.53 Å². The number of likely N-dealkylation sites (tertiary alicyclic amines) is 1. The number of ether oxygens (including phenoxy) is 1. The largest absolute Gasteiger partial charge is 0.379 e. The first-order valence-corrected chi connectivity index (χ1v) is 9.81. The van der Waals surface area contributed by atoms with Crippen molar-refractivity contribution in [3.05, 3.63) is 30.1 Å². The van der Waals surface area contributed by atoms with Crippen LogP contribution in [-0.4, -0.2) is 54.2 Å². The third-order valence-corrected chi connectivity index (χ3v) is 6.16. The number of nitrogens with zero attached hydrogens (tertiary/aromatic N) is 2. The number of amides is 1. The molecule has 0 bridgehead atoms. The van der Waals surface area contributed by atoms with Gasteiger partial charge >= 0.3 is 0 Å². The lowest BCUT2D eigenvalue weighted by molar-refractivity contribution is -0.139. The highest BCUT2D eigenvalue weighted by atomic mass is 16.5. The van der Waals surface area contributed by atoms with Crippen molar-refractivity contribution in [1.29, 1.82) is 0 Å². The number of carbonyl (C=O) groups is 1. The average molecular weight is 343 g/mol. The van der Waals surface area contributed by atoms with Gasteiger partial charge < -0.3 is 15.0 Å². The molecule has 5 nitrogen and oxygen atoms in total. The summed E-state index contributed by atoms with van der Waals surface area (Å²) in [6.07, 6.45) is 10.3. The number of aromatic nitrogens is 1. The summed E-state index contributed by atoms with van der Waals surface area (Å²) in [7, 11) is 0. The van der Waals surface area contributed by atoms with Gasteiger partial charge in [-0.3, -0.25) is 9.78 Å². The van der Waals surface area contributed by atoms with Gasteiger partial charge in [-0.05, 0) is 49.8 Å². The minimum Gasteiger partial charge on any atom is -0.379 e. The van der Waals surface area contributed by atoms with E-state index in [1.54, 1.807) is 0 Å². The molecule has 5 heteroatoms. The summed E-state index contributed by atoms with van der Waals surface area (Å²) in [6, 6.07) is 5.13. The number of hydrogen-bond acceptors (Lipinski definition) is 4. The molecule has 4 rings (SSSR count). The molecule has 1 aromatic heterocycles. The molecule has 2 aliphatic heterocycles. The van der Waals surface area contributed by atoms with Gasteiger partial charge in [-0.2, -0.15) is 0 Å². The molecule has 1 N–H and O–H groups in total. The van der Waals surface area contributed by atoms with Crippen LogP contribution in [0.1, 0.15) is 37.7 Å². The van der Waals surface area contributed by atoms with Gasteiger partial charge in [0.2, 0.25) is 5.91 Å². The van der Waals surface area contributed by atoms with Crippen molar-refractivity contribution in [3.8, 4) is 0 Å². The molecule has 0 radical (unpaired) electrons. The van der Waals surface area contributed by atoms with Crippen molar-refractivity contribution in [3.63, 3.8) is 0 Å². The summed E-state index contributed by atoms with van der Waals surface area (Å²) < 4.78 is 5.75. The van der Waals surface area contributed by atoms with E-state index in [0.29, 0.717) is 29.8 Å². The maximum atomic E-state index is 12.4. The molecule has 1 amide bonds. The van der Waals surface area contributed by atoms with Gasteiger partial charge in [0.05, 0.1) is 13.2 Å². The van der Waals surface area contributed by atoms with E-state index in [0.717, 1.165) is 58.4 Å². The van der Waals surface area contributed by atoms with Crippen LogP contribution >= 0.6 is 0 Å². The molecule has 0 spiro atoms. The van der Waals surface area contributed by atoms with Gasteiger partial charge in [0, 0.05) is 49.4 Å². The first-order chi connectivity index (χ1) is 12.3. The number of nitrogens with one attached hydrogen (secondary N) is 1. The monoisotopic (exact) mass is 343 g/mol. The van der Waals surface area contributed by atoms with Crippen LogP contribution in [-0.2, 0) is 16.0 Å². The minimum atomic E-state index is 0.331. The highest BCUT2D eigenvalue weighted by Crippen LogP contribution is 2.29. The van der Waals surface area contributed by atoms with Crippen LogP contribution in [0.3, 0.4) is 0 Å². The van der Waals surface area contributed by atoms with E-state index in [4.69, 9.17) is 4.74 Å². The molecule has 136 valence electrons. The van der Waals surface area contributed by atoms with E-state index in [2.05, 4.69) is 27.3 Å². The summed E-state index contributed by atoms with van der Waals surface area (Å²) in [5.41, 5.74) is 1.33. The molecular formula is C20H29N3O2. The molecule has 25 heavy (non-hydrogen) atoms. The fourth-order valence-electron chi connectivity index (χ4n) is 4.29. The topological polar surface area (TPSA) is 54.5 Å². The predicted octanol–water partition coefficient (Wildman–Crippen LogP) is 2.02. The Morgan fingerprint density at radius 2 is 1.92 bits per heavy atom. The van der Waals surface area contributed by atoms with Crippen molar-refractivity contribution in [2.45, 2.75) is 50.6 Å². The van der Waals surface area contributed by atoms with Crippen LogP contribution in [0, 0.1) is 11.8 Å². The van der Waals surface area contributed by atoms with E-state index in [-0.39, 0.29) is 0 Å². The molecule has 2 atom stereocenters. The number of pyridine rings is 1. The van der Waals surface area contributed by atoms with Crippen molar-refractivity contribution in [2.75, 3.05) is 26.3 Å². The number of rotatable bonds is 5. The highest BCUT2D eigenvalue weighted by Gasteiger charge is 2.34. The van der Waals surface area contributed by atoms with Gasteiger partial charge in [-0.15, -0.1) is 0 Å². The second kappa shape index (κ2) is 7.83. The van der Waals surface area contributed by atoms with E-state index in [1.165, 1.54) is 12.0 Å². The smallest absolute Gasteiger partial charge is 0.225 e. The lowest BCUT2D eigenvalue weighted by Gasteiger charge is -2.38. The third-order valence-electron chi connectivity index (χ3n) is 6.16. The van der Waals surface area contributed by atoms with Crippen molar-refractivity contribution in [2.24, 2.45) is 11.8 Å².